The third-order valence-electron chi connectivity index (χ3n) is 11.7. The van der Waals surface area contributed by atoms with Crippen LogP contribution in [0.5, 0.6) is 0 Å². The van der Waals surface area contributed by atoms with Crippen molar-refractivity contribution in [1.82, 2.24) is 50.6 Å². The highest BCUT2D eigenvalue weighted by Gasteiger charge is 2.17. The monoisotopic (exact) mass is 897 g/mol. The molecular formula is C55H51N11O2. The van der Waals surface area contributed by atoms with Gasteiger partial charge in [-0.25, -0.2) is 9.48 Å². The first kappa shape index (κ1) is 44.6. The average Bonchev–Trinajstić information content (AvgIpc) is 4.08. The van der Waals surface area contributed by atoms with Gasteiger partial charge in [0.2, 0.25) is 0 Å². The van der Waals surface area contributed by atoms with Crippen LogP contribution >= 0.6 is 0 Å². The molecule has 338 valence electrons. The molecule has 0 aliphatic heterocycles. The maximum absolute atomic E-state index is 14.1. The van der Waals surface area contributed by atoms with Gasteiger partial charge in [-0.05, 0) is 94.6 Å². The lowest BCUT2D eigenvalue weighted by Gasteiger charge is -2.16. The molecule has 4 heterocycles. The Bertz CT molecular complexity index is 3050. The van der Waals surface area contributed by atoms with E-state index < -0.39 is 0 Å². The van der Waals surface area contributed by atoms with Gasteiger partial charge in [-0.1, -0.05) is 132 Å². The Morgan fingerprint density at radius 3 is 1.76 bits per heavy atom. The van der Waals surface area contributed by atoms with Crippen LogP contribution in [0.25, 0.3) is 55.9 Å². The van der Waals surface area contributed by atoms with Gasteiger partial charge in [-0.3, -0.25) is 19.4 Å². The second-order valence-electron chi connectivity index (χ2n) is 16.5. The second kappa shape index (κ2) is 22.1. The lowest BCUT2D eigenvalue weighted by molar-refractivity contribution is 0.0954. The van der Waals surface area contributed by atoms with Crippen molar-refractivity contribution >= 4 is 17.6 Å². The van der Waals surface area contributed by atoms with Crippen molar-refractivity contribution in [3.05, 3.63) is 199 Å². The average molecular weight is 898 g/mol. The number of amides is 3. The molecule has 3 N–H and O–H groups in total. The molecule has 4 aromatic heterocycles. The van der Waals surface area contributed by atoms with E-state index in [1.165, 1.54) is 0 Å². The Morgan fingerprint density at radius 1 is 0.500 bits per heavy atom. The van der Waals surface area contributed by atoms with E-state index in [-0.39, 0.29) is 11.9 Å². The molecule has 0 fully saturated rings. The number of aromatic nitrogens is 8. The minimum absolute atomic E-state index is 0.162. The Balaban J connectivity index is 0.827. The van der Waals surface area contributed by atoms with Gasteiger partial charge >= 0.3 is 6.03 Å². The molecule has 68 heavy (non-hydrogen) atoms. The Kier molecular flexibility index (Phi) is 14.5. The predicted octanol–water partition coefficient (Wildman–Crippen LogP) is 10.4. The van der Waals surface area contributed by atoms with Crippen molar-refractivity contribution in [3.63, 3.8) is 0 Å². The number of urea groups is 1. The zero-order valence-corrected chi connectivity index (χ0v) is 37.6. The summed E-state index contributed by atoms with van der Waals surface area (Å²) in [5.74, 6) is -0.162. The number of rotatable bonds is 19. The minimum atomic E-state index is -0.274. The quantitative estimate of drug-likeness (QED) is 0.0677. The molecule has 0 atom stereocenters. The van der Waals surface area contributed by atoms with Crippen LogP contribution in [0.1, 0.15) is 47.2 Å². The number of pyridine rings is 2. The normalized spacial score (nSPS) is 11.0. The maximum Gasteiger partial charge on any atom is 0.319 e. The summed E-state index contributed by atoms with van der Waals surface area (Å²) in [4.78, 5) is 35.9. The van der Waals surface area contributed by atoms with E-state index in [9.17, 15) is 9.59 Å². The fourth-order valence-electron chi connectivity index (χ4n) is 8.09. The summed E-state index contributed by atoms with van der Waals surface area (Å²) >= 11 is 0. The number of carbonyl (C=O) groups excluding carboxylic acids is 2. The Hall–Kier alpha value is -8.58. The van der Waals surface area contributed by atoms with Crippen LogP contribution in [0, 0.1) is 0 Å². The van der Waals surface area contributed by atoms with Gasteiger partial charge in [0.15, 0.2) is 0 Å². The summed E-state index contributed by atoms with van der Waals surface area (Å²) in [5.41, 5.74) is 12.3. The zero-order chi connectivity index (χ0) is 46.3. The molecule has 13 nitrogen and oxygen atoms in total. The third-order valence-corrected chi connectivity index (χ3v) is 11.7. The molecule has 0 aliphatic carbocycles. The molecule has 5 aromatic carbocycles. The van der Waals surface area contributed by atoms with Crippen LogP contribution < -0.4 is 16.0 Å². The van der Waals surface area contributed by atoms with E-state index in [4.69, 9.17) is 0 Å². The number of unbranched alkanes of at least 4 members (excludes halogenated alkanes) is 3. The number of hydrogen-bond donors (Lipinski definition) is 3. The van der Waals surface area contributed by atoms with E-state index in [0.717, 1.165) is 99.3 Å². The zero-order valence-electron chi connectivity index (χ0n) is 37.6. The lowest BCUT2D eigenvalue weighted by atomic mass is 9.93. The Morgan fingerprint density at radius 2 is 1.09 bits per heavy atom. The molecule has 9 aromatic rings. The van der Waals surface area contributed by atoms with Crippen molar-refractivity contribution in [1.29, 1.82) is 0 Å². The minimum Gasteiger partial charge on any atom is -0.352 e. The van der Waals surface area contributed by atoms with Crippen LogP contribution in [0.15, 0.2) is 183 Å². The van der Waals surface area contributed by atoms with Gasteiger partial charge < -0.3 is 16.0 Å². The highest BCUT2D eigenvalue weighted by Crippen LogP contribution is 2.35. The SMILES string of the molecule is O=C(NCCCCCCn1cc(-c2cccnc2)nn1)Nc1cc(-c2ccc(-c3ccccc3)c(C(=O)NCCc3ccc(Cn4cc(-c5cccnc5)nn4)cc3)c2)ccc1-c1ccccc1. The number of benzene rings is 5. The van der Waals surface area contributed by atoms with Crippen LogP contribution in [0.2, 0.25) is 0 Å². The van der Waals surface area contributed by atoms with Gasteiger partial charge in [-0.15, -0.1) is 10.2 Å². The summed E-state index contributed by atoms with van der Waals surface area (Å²) in [5, 5.41) is 26.5. The van der Waals surface area contributed by atoms with Crippen LogP contribution in [0.3, 0.4) is 0 Å². The number of anilines is 1. The summed E-state index contributed by atoms with van der Waals surface area (Å²) in [6.07, 6.45) is 15.4. The van der Waals surface area contributed by atoms with Crippen LogP contribution in [-0.2, 0) is 19.5 Å². The number of carbonyl (C=O) groups is 2. The van der Waals surface area contributed by atoms with Gasteiger partial charge in [0.05, 0.1) is 24.6 Å². The van der Waals surface area contributed by atoms with Gasteiger partial charge in [-0.2, -0.15) is 0 Å². The van der Waals surface area contributed by atoms with Crippen molar-refractivity contribution in [2.75, 3.05) is 18.4 Å². The summed E-state index contributed by atoms with van der Waals surface area (Å²) < 4.78 is 3.68. The first-order valence-electron chi connectivity index (χ1n) is 22.9. The molecule has 0 bridgehead atoms. The summed E-state index contributed by atoms with van der Waals surface area (Å²) in [7, 11) is 0. The standard InChI is InChI=1S/C55H51N11O2/c67-54(58-31-27-40-19-21-41(22-20-40)37-66-39-53(62-64-66)47-18-12-29-57-36-47)50-33-44(23-25-48(50)42-13-5-3-6-14-42)45-24-26-49(43-15-7-4-8-16-43)51(34-45)60-55(68)59-30-9-1-2-10-32-65-38-52(61-63-65)46-17-11-28-56-35-46/h3-8,11-26,28-29,33-36,38-39H,1-2,9-10,27,30-32,37H2,(H,58,67)(H2,59,60,68). The van der Waals surface area contributed by atoms with Crippen LogP contribution in [-0.4, -0.2) is 65.0 Å². The van der Waals surface area contributed by atoms with Crippen molar-refractivity contribution in [2.45, 2.75) is 45.2 Å². The number of hydrogen-bond acceptors (Lipinski definition) is 8. The van der Waals surface area contributed by atoms with Crippen LogP contribution in [0.4, 0.5) is 10.5 Å². The summed E-state index contributed by atoms with van der Waals surface area (Å²) in [6.45, 7) is 2.37. The molecule has 13 heteroatoms. The first-order chi connectivity index (χ1) is 33.5. The third kappa shape index (κ3) is 11.6. The van der Waals surface area contributed by atoms with Gasteiger partial charge in [0.25, 0.3) is 5.91 Å². The molecule has 3 amide bonds. The van der Waals surface area contributed by atoms with Crippen molar-refractivity contribution in [2.24, 2.45) is 0 Å². The van der Waals surface area contributed by atoms with E-state index in [0.29, 0.717) is 37.3 Å². The van der Waals surface area contributed by atoms with E-state index in [2.05, 4.69) is 70.8 Å². The molecule has 0 aliphatic rings. The lowest BCUT2D eigenvalue weighted by Crippen LogP contribution is -2.29. The highest BCUT2D eigenvalue weighted by atomic mass is 16.2. The topological polar surface area (TPSA) is 157 Å². The van der Waals surface area contributed by atoms with Gasteiger partial charge in [0.1, 0.15) is 11.4 Å². The Labute approximate surface area is 395 Å². The molecule has 0 spiro atoms. The highest BCUT2D eigenvalue weighted by molar-refractivity contribution is 6.02. The van der Waals surface area contributed by atoms with E-state index in [1.807, 2.05) is 143 Å². The first-order valence-corrected chi connectivity index (χ1v) is 22.9. The maximum atomic E-state index is 14.1. The molecule has 0 unspecified atom stereocenters. The molecule has 0 saturated carbocycles. The number of aryl methyl sites for hydroxylation is 1. The number of nitrogens with one attached hydrogen (secondary N) is 3. The molecule has 0 saturated heterocycles. The fraction of sp³-hybridized carbons (Fsp3) is 0.164. The van der Waals surface area contributed by atoms with Gasteiger partial charge in [0, 0.05) is 66.7 Å². The van der Waals surface area contributed by atoms with E-state index in [1.54, 1.807) is 24.8 Å². The predicted molar refractivity (Wildman–Crippen MR) is 266 cm³/mol. The van der Waals surface area contributed by atoms with Crippen molar-refractivity contribution < 1.29 is 9.59 Å². The summed E-state index contributed by atoms with van der Waals surface area (Å²) in [6, 6.07) is 47.8. The molecule has 9 rings (SSSR count). The molecular weight excluding hydrogens is 847 g/mol. The molecule has 0 radical (unpaired) electrons. The van der Waals surface area contributed by atoms with Crippen molar-refractivity contribution in [3.8, 4) is 55.9 Å². The second-order valence-corrected chi connectivity index (χ2v) is 16.5. The number of nitrogens with zero attached hydrogens (tertiary/aromatic N) is 8. The largest absolute Gasteiger partial charge is 0.352 e. The van der Waals surface area contributed by atoms with E-state index >= 15 is 0 Å². The fourth-order valence-corrected chi connectivity index (χ4v) is 8.09. The smallest absolute Gasteiger partial charge is 0.319 e.